The van der Waals surface area contributed by atoms with Gasteiger partial charge in [-0.25, -0.2) is 4.39 Å². The highest BCUT2D eigenvalue weighted by molar-refractivity contribution is 6.51. The number of aryl methyl sites for hydroxylation is 1. The molecule has 1 N–H and O–H groups in total. The molecule has 7 heteroatoms. The molecule has 1 amide bonds. The van der Waals surface area contributed by atoms with Crippen molar-refractivity contribution >= 4 is 28.8 Å². The van der Waals surface area contributed by atoms with E-state index in [2.05, 4.69) is 16.8 Å². The molecule has 2 heterocycles. The van der Waals surface area contributed by atoms with Crippen molar-refractivity contribution in [2.24, 2.45) is 0 Å². The molecular formula is C29H28FN3O3. The van der Waals surface area contributed by atoms with Crippen LogP contribution in [0.4, 0.5) is 15.8 Å². The maximum absolute atomic E-state index is 13.5. The lowest BCUT2D eigenvalue weighted by Gasteiger charge is -2.34. The average molecular weight is 486 g/mol. The van der Waals surface area contributed by atoms with E-state index < -0.39 is 23.5 Å². The van der Waals surface area contributed by atoms with Gasteiger partial charge in [-0.15, -0.1) is 0 Å². The number of amides is 1. The van der Waals surface area contributed by atoms with E-state index in [1.807, 2.05) is 55.5 Å². The van der Waals surface area contributed by atoms with Crippen molar-refractivity contribution in [2.45, 2.75) is 13.0 Å². The minimum absolute atomic E-state index is 0.0136. The van der Waals surface area contributed by atoms with Gasteiger partial charge < -0.3 is 14.9 Å². The summed E-state index contributed by atoms with van der Waals surface area (Å²) < 4.78 is 13.5. The molecule has 3 aromatic carbocycles. The van der Waals surface area contributed by atoms with Crippen molar-refractivity contribution < 1.29 is 19.1 Å². The van der Waals surface area contributed by atoms with E-state index in [0.29, 0.717) is 11.3 Å². The number of carbonyl (C=O) groups excluding carboxylic acids is 2. The molecule has 0 radical (unpaired) electrons. The number of aliphatic hydroxyl groups excluding tert-OH is 1. The Morgan fingerprint density at radius 2 is 1.53 bits per heavy atom. The van der Waals surface area contributed by atoms with Crippen molar-refractivity contribution in [3.8, 4) is 0 Å². The number of likely N-dealkylation sites (N-methyl/N-ethyl adjacent to an activating group) is 1. The van der Waals surface area contributed by atoms with E-state index in [1.54, 1.807) is 0 Å². The number of ketones is 1. The second-order valence-electron chi connectivity index (χ2n) is 9.40. The zero-order valence-corrected chi connectivity index (χ0v) is 20.3. The molecule has 2 saturated heterocycles. The summed E-state index contributed by atoms with van der Waals surface area (Å²) in [6.45, 7) is 5.73. The number of piperazine rings is 1. The maximum Gasteiger partial charge on any atom is 0.300 e. The van der Waals surface area contributed by atoms with Gasteiger partial charge in [0.15, 0.2) is 0 Å². The van der Waals surface area contributed by atoms with Crippen LogP contribution in [-0.4, -0.2) is 54.9 Å². The van der Waals surface area contributed by atoms with Gasteiger partial charge >= 0.3 is 0 Å². The summed E-state index contributed by atoms with van der Waals surface area (Å²) in [6.07, 6.45) is 0. The summed E-state index contributed by atoms with van der Waals surface area (Å²) in [7, 11) is 2.11. The topological polar surface area (TPSA) is 64.1 Å². The van der Waals surface area contributed by atoms with Gasteiger partial charge in [-0.1, -0.05) is 29.8 Å². The van der Waals surface area contributed by atoms with E-state index in [0.717, 1.165) is 37.4 Å². The molecular weight excluding hydrogens is 457 g/mol. The van der Waals surface area contributed by atoms with Crippen LogP contribution >= 0.6 is 0 Å². The number of hydrogen-bond donors (Lipinski definition) is 1. The fourth-order valence-electron chi connectivity index (χ4n) is 4.91. The van der Waals surface area contributed by atoms with Crippen LogP contribution in [0.2, 0.25) is 0 Å². The quantitative estimate of drug-likeness (QED) is 0.335. The predicted octanol–water partition coefficient (Wildman–Crippen LogP) is 4.51. The van der Waals surface area contributed by atoms with E-state index in [4.69, 9.17) is 0 Å². The Morgan fingerprint density at radius 3 is 2.17 bits per heavy atom. The van der Waals surface area contributed by atoms with Gasteiger partial charge in [0.2, 0.25) is 0 Å². The van der Waals surface area contributed by atoms with E-state index in [9.17, 15) is 19.1 Å². The van der Waals surface area contributed by atoms with Crippen molar-refractivity contribution in [3.63, 3.8) is 0 Å². The van der Waals surface area contributed by atoms with Crippen molar-refractivity contribution in [1.29, 1.82) is 0 Å². The van der Waals surface area contributed by atoms with Crippen LogP contribution in [-0.2, 0) is 9.59 Å². The lowest BCUT2D eigenvalue weighted by atomic mass is 9.94. The molecule has 2 aliphatic rings. The van der Waals surface area contributed by atoms with Crippen LogP contribution in [0.5, 0.6) is 0 Å². The average Bonchev–Trinajstić information content (AvgIpc) is 3.15. The summed E-state index contributed by atoms with van der Waals surface area (Å²) in [4.78, 5) is 32.7. The van der Waals surface area contributed by atoms with Gasteiger partial charge in [0.25, 0.3) is 11.7 Å². The molecule has 184 valence electrons. The molecule has 0 saturated carbocycles. The number of halogens is 1. The Morgan fingerprint density at radius 1 is 0.889 bits per heavy atom. The Labute approximate surface area is 209 Å². The third-order valence-corrected chi connectivity index (χ3v) is 6.92. The normalized spacial score (nSPS) is 20.2. The molecule has 0 aliphatic carbocycles. The van der Waals surface area contributed by atoms with Crippen LogP contribution in [0.1, 0.15) is 22.7 Å². The van der Waals surface area contributed by atoms with Crippen molar-refractivity contribution in [2.75, 3.05) is 43.0 Å². The smallest absolute Gasteiger partial charge is 0.300 e. The zero-order valence-electron chi connectivity index (χ0n) is 20.3. The number of rotatable bonds is 4. The van der Waals surface area contributed by atoms with Gasteiger partial charge in [-0.05, 0) is 68.1 Å². The highest BCUT2D eigenvalue weighted by atomic mass is 19.1. The molecule has 5 rings (SSSR count). The molecule has 1 unspecified atom stereocenters. The number of nitrogens with zero attached hydrogens (tertiary/aromatic N) is 3. The summed E-state index contributed by atoms with van der Waals surface area (Å²) in [5, 5.41) is 11.1. The lowest BCUT2D eigenvalue weighted by molar-refractivity contribution is -0.132. The third-order valence-electron chi connectivity index (χ3n) is 6.92. The number of carbonyl (C=O) groups is 2. The fraction of sp³-hybridized carbons (Fsp3) is 0.241. The second kappa shape index (κ2) is 9.59. The first kappa shape index (κ1) is 23.8. The maximum atomic E-state index is 13.5. The molecule has 6 nitrogen and oxygen atoms in total. The fourth-order valence-corrected chi connectivity index (χ4v) is 4.91. The standard InChI is InChI=1S/C29H28FN3O3/c1-19-4-3-5-21(18-19)26-25(27(34)20-6-8-22(30)9-7-20)28(35)29(36)33(26)24-12-10-23(11-13-24)32-16-14-31(2)15-17-32/h3-13,18,26,34H,14-17H2,1-2H3/b27-25+. The molecule has 0 bridgehead atoms. The van der Waals surface area contributed by atoms with E-state index in [1.165, 1.54) is 29.2 Å². The number of Topliss-reactive ketones (excluding diaryl/α,β-unsaturated/α-hetero) is 1. The first-order valence-corrected chi connectivity index (χ1v) is 12.0. The SMILES string of the molecule is Cc1cccc(C2/C(=C(\O)c3ccc(F)cc3)C(=O)C(=O)N2c2ccc(N3CCN(C)CC3)cc2)c1. The highest BCUT2D eigenvalue weighted by Gasteiger charge is 2.47. The van der Waals surface area contributed by atoms with Crippen molar-refractivity contribution in [1.82, 2.24) is 4.90 Å². The van der Waals surface area contributed by atoms with Gasteiger partial charge in [0, 0.05) is 43.1 Å². The first-order valence-electron chi connectivity index (χ1n) is 12.0. The molecule has 2 aliphatic heterocycles. The summed E-state index contributed by atoms with van der Waals surface area (Å²) >= 11 is 0. The molecule has 3 aromatic rings. The molecule has 0 spiro atoms. The number of benzene rings is 3. The van der Waals surface area contributed by atoms with E-state index >= 15 is 0 Å². The van der Waals surface area contributed by atoms with Gasteiger partial charge in [-0.3, -0.25) is 14.5 Å². The number of anilines is 2. The minimum atomic E-state index is -0.815. The molecule has 0 aromatic heterocycles. The summed E-state index contributed by atoms with van der Waals surface area (Å²) in [5.41, 5.74) is 3.56. The van der Waals surface area contributed by atoms with Crippen LogP contribution < -0.4 is 9.80 Å². The Bertz CT molecular complexity index is 1330. The summed E-state index contributed by atoms with van der Waals surface area (Å²) in [6, 6.07) is 19.6. The van der Waals surface area contributed by atoms with Gasteiger partial charge in [0.1, 0.15) is 11.6 Å². The number of hydrogen-bond acceptors (Lipinski definition) is 5. The number of aliphatic hydroxyl groups is 1. The van der Waals surface area contributed by atoms with Gasteiger partial charge in [-0.2, -0.15) is 0 Å². The largest absolute Gasteiger partial charge is 0.507 e. The van der Waals surface area contributed by atoms with Crippen LogP contribution in [0, 0.1) is 12.7 Å². The molecule has 1 atom stereocenters. The Balaban J connectivity index is 1.58. The third kappa shape index (κ3) is 4.38. The Hall–Kier alpha value is -3.97. The molecule has 36 heavy (non-hydrogen) atoms. The lowest BCUT2D eigenvalue weighted by Crippen LogP contribution is -2.44. The van der Waals surface area contributed by atoms with Crippen LogP contribution in [0.3, 0.4) is 0 Å². The molecule has 2 fully saturated rings. The van der Waals surface area contributed by atoms with E-state index in [-0.39, 0.29) is 16.9 Å². The monoisotopic (exact) mass is 485 g/mol. The highest BCUT2D eigenvalue weighted by Crippen LogP contribution is 2.42. The van der Waals surface area contributed by atoms with Crippen LogP contribution in [0.25, 0.3) is 5.76 Å². The Kier molecular flexibility index (Phi) is 6.33. The summed E-state index contributed by atoms with van der Waals surface area (Å²) in [5.74, 6) is -2.26. The first-order chi connectivity index (χ1) is 17.3. The minimum Gasteiger partial charge on any atom is -0.507 e. The second-order valence-corrected chi connectivity index (χ2v) is 9.40. The predicted molar refractivity (Wildman–Crippen MR) is 139 cm³/mol. The van der Waals surface area contributed by atoms with Crippen molar-refractivity contribution in [3.05, 3.63) is 101 Å². The van der Waals surface area contributed by atoms with Gasteiger partial charge in [0.05, 0.1) is 11.6 Å². The zero-order chi connectivity index (χ0) is 25.4. The van der Waals surface area contributed by atoms with Crippen LogP contribution in [0.15, 0.2) is 78.4 Å².